The van der Waals surface area contributed by atoms with Crippen molar-refractivity contribution < 1.29 is 4.79 Å². The third-order valence-electron chi connectivity index (χ3n) is 2.01. The molecule has 1 aromatic heterocycles. The van der Waals surface area contributed by atoms with Crippen LogP contribution in [0.1, 0.15) is 5.56 Å². The van der Waals surface area contributed by atoms with Crippen LogP contribution in [-0.4, -0.2) is 17.6 Å². The normalized spacial score (nSPS) is 10.7. The first-order valence-corrected chi connectivity index (χ1v) is 4.48. The van der Waals surface area contributed by atoms with Gasteiger partial charge in [-0.1, -0.05) is 18.2 Å². The Hall–Kier alpha value is -2.23. The quantitative estimate of drug-likeness (QED) is 0.460. The number of fused-ring (bicyclic) bond motifs is 1. The Bertz CT molecular complexity index is 503. The smallest absolute Gasteiger partial charge is 0.227 e. The summed E-state index contributed by atoms with van der Waals surface area (Å²) in [4.78, 5) is 14.2. The van der Waals surface area contributed by atoms with E-state index in [0.717, 1.165) is 16.5 Å². The van der Waals surface area contributed by atoms with Crippen LogP contribution in [0.25, 0.3) is 10.9 Å². The van der Waals surface area contributed by atoms with Crippen LogP contribution in [-0.2, 0) is 4.79 Å². The van der Waals surface area contributed by atoms with Gasteiger partial charge in [-0.2, -0.15) is 5.10 Å². The minimum absolute atomic E-state index is 0.528. The number of benzene rings is 1. The molecule has 1 aromatic carbocycles. The Morgan fingerprint density at radius 3 is 3.00 bits per heavy atom. The zero-order valence-electron chi connectivity index (χ0n) is 7.92. The first-order chi connectivity index (χ1) is 7.42. The number of hydrogen-bond donors (Lipinski definition) is 1. The van der Waals surface area contributed by atoms with Gasteiger partial charge >= 0.3 is 0 Å². The first kappa shape index (κ1) is 9.33. The molecule has 4 nitrogen and oxygen atoms in total. The van der Waals surface area contributed by atoms with Crippen molar-refractivity contribution in [1.82, 2.24) is 10.4 Å². The molecular formula is C11H9N3O. The van der Waals surface area contributed by atoms with Gasteiger partial charge < -0.3 is 0 Å². The molecule has 0 unspecified atom stereocenters. The number of aromatic nitrogens is 1. The van der Waals surface area contributed by atoms with Crippen LogP contribution in [0.2, 0.25) is 0 Å². The lowest BCUT2D eigenvalue weighted by molar-refractivity contribution is -0.109. The van der Waals surface area contributed by atoms with Crippen molar-refractivity contribution in [2.75, 3.05) is 0 Å². The molecule has 2 aromatic rings. The maximum absolute atomic E-state index is 10.0. The van der Waals surface area contributed by atoms with E-state index in [1.54, 1.807) is 12.4 Å². The monoisotopic (exact) mass is 199 g/mol. The summed E-state index contributed by atoms with van der Waals surface area (Å²) in [6, 6.07) is 9.61. The molecule has 0 radical (unpaired) electrons. The van der Waals surface area contributed by atoms with E-state index in [0.29, 0.717) is 6.41 Å². The van der Waals surface area contributed by atoms with E-state index < -0.39 is 0 Å². The van der Waals surface area contributed by atoms with Gasteiger partial charge in [0, 0.05) is 17.1 Å². The van der Waals surface area contributed by atoms with Gasteiger partial charge in [0.2, 0.25) is 6.41 Å². The first-order valence-electron chi connectivity index (χ1n) is 4.48. The van der Waals surface area contributed by atoms with Gasteiger partial charge in [-0.05, 0) is 12.1 Å². The second-order valence-electron chi connectivity index (χ2n) is 2.92. The molecule has 0 fully saturated rings. The Kier molecular flexibility index (Phi) is 2.69. The molecule has 2 rings (SSSR count). The third kappa shape index (κ3) is 1.99. The number of amides is 1. The summed E-state index contributed by atoms with van der Waals surface area (Å²) >= 11 is 0. The number of para-hydroxylation sites is 1. The molecule has 0 saturated heterocycles. The molecule has 0 atom stereocenters. The number of pyridine rings is 1. The molecule has 74 valence electrons. The van der Waals surface area contributed by atoms with Crippen molar-refractivity contribution >= 4 is 23.5 Å². The standard InChI is InChI=1S/C11H9N3O/c15-8-14-13-7-9-5-6-12-11-4-2-1-3-10(9)11/h1-8H,(H,14,15)/b13-7+. The van der Waals surface area contributed by atoms with E-state index >= 15 is 0 Å². The molecule has 1 amide bonds. The van der Waals surface area contributed by atoms with Crippen molar-refractivity contribution in [3.05, 3.63) is 42.1 Å². The van der Waals surface area contributed by atoms with Gasteiger partial charge in [-0.3, -0.25) is 9.78 Å². The second-order valence-corrected chi connectivity index (χ2v) is 2.92. The highest BCUT2D eigenvalue weighted by molar-refractivity contribution is 5.97. The van der Waals surface area contributed by atoms with Gasteiger partial charge in [-0.25, -0.2) is 5.43 Å². The summed E-state index contributed by atoms with van der Waals surface area (Å²) < 4.78 is 0. The van der Waals surface area contributed by atoms with Crippen LogP contribution in [0.5, 0.6) is 0 Å². The van der Waals surface area contributed by atoms with E-state index in [1.807, 2.05) is 30.3 Å². The number of hydrazone groups is 1. The van der Waals surface area contributed by atoms with Gasteiger partial charge in [0.1, 0.15) is 0 Å². The average Bonchev–Trinajstić information content (AvgIpc) is 2.30. The molecule has 0 aliphatic heterocycles. The fraction of sp³-hybridized carbons (Fsp3) is 0. The van der Waals surface area contributed by atoms with Crippen LogP contribution < -0.4 is 5.43 Å². The summed E-state index contributed by atoms with van der Waals surface area (Å²) in [6.45, 7) is 0. The highest BCUT2D eigenvalue weighted by Crippen LogP contribution is 2.13. The minimum Gasteiger partial charge on any atom is -0.277 e. The van der Waals surface area contributed by atoms with E-state index in [-0.39, 0.29) is 0 Å². The maximum atomic E-state index is 10.0. The van der Waals surface area contributed by atoms with E-state index in [2.05, 4.69) is 15.5 Å². The summed E-state index contributed by atoms with van der Waals surface area (Å²) in [6.07, 6.45) is 3.84. The summed E-state index contributed by atoms with van der Waals surface area (Å²) in [5, 5.41) is 4.75. The summed E-state index contributed by atoms with van der Waals surface area (Å²) in [7, 11) is 0. The molecule has 1 N–H and O–H groups in total. The summed E-state index contributed by atoms with van der Waals surface area (Å²) in [5.41, 5.74) is 4.07. The van der Waals surface area contributed by atoms with Crippen molar-refractivity contribution in [3.8, 4) is 0 Å². The van der Waals surface area contributed by atoms with Gasteiger partial charge in [0.25, 0.3) is 0 Å². The second kappa shape index (κ2) is 4.32. The van der Waals surface area contributed by atoms with Crippen LogP contribution in [0.3, 0.4) is 0 Å². The van der Waals surface area contributed by atoms with Gasteiger partial charge in [0.15, 0.2) is 0 Å². The fourth-order valence-corrected chi connectivity index (χ4v) is 1.37. The lowest BCUT2D eigenvalue weighted by Gasteiger charge is -1.99. The molecule has 15 heavy (non-hydrogen) atoms. The molecule has 0 spiro atoms. The number of nitrogens with one attached hydrogen (secondary N) is 1. The number of nitrogens with zero attached hydrogens (tertiary/aromatic N) is 2. The largest absolute Gasteiger partial charge is 0.277 e. The van der Waals surface area contributed by atoms with Crippen molar-refractivity contribution in [3.63, 3.8) is 0 Å². The average molecular weight is 199 g/mol. The molecule has 0 bridgehead atoms. The van der Waals surface area contributed by atoms with Gasteiger partial charge in [-0.15, -0.1) is 0 Å². The van der Waals surface area contributed by atoms with E-state index in [1.165, 1.54) is 0 Å². The molecular weight excluding hydrogens is 190 g/mol. The predicted molar refractivity (Wildman–Crippen MR) is 58.5 cm³/mol. The highest BCUT2D eigenvalue weighted by Gasteiger charge is 1.97. The Labute approximate surface area is 86.6 Å². The molecule has 0 saturated carbocycles. The lowest BCUT2D eigenvalue weighted by atomic mass is 10.1. The Morgan fingerprint density at radius 2 is 2.13 bits per heavy atom. The molecule has 1 heterocycles. The Balaban J connectivity index is 2.46. The number of carbonyl (C=O) groups is 1. The van der Waals surface area contributed by atoms with Crippen LogP contribution in [0.15, 0.2) is 41.6 Å². The van der Waals surface area contributed by atoms with Crippen molar-refractivity contribution in [2.45, 2.75) is 0 Å². The topological polar surface area (TPSA) is 54.4 Å². The van der Waals surface area contributed by atoms with Crippen LogP contribution >= 0.6 is 0 Å². The zero-order chi connectivity index (χ0) is 10.5. The molecule has 0 aliphatic carbocycles. The van der Waals surface area contributed by atoms with E-state index in [9.17, 15) is 4.79 Å². The third-order valence-corrected chi connectivity index (χ3v) is 2.01. The molecule has 0 aliphatic rings. The SMILES string of the molecule is O=CN/N=C/c1ccnc2ccccc12. The van der Waals surface area contributed by atoms with Crippen LogP contribution in [0.4, 0.5) is 0 Å². The van der Waals surface area contributed by atoms with Crippen molar-refractivity contribution in [2.24, 2.45) is 5.10 Å². The van der Waals surface area contributed by atoms with Crippen molar-refractivity contribution in [1.29, 1.82) is 0 Å². The number of hydrogen-bond acceptors (Lipinski definition) is 3. The predicted octanol–water partition coefficient (Wildman–Crippen LogP) is 1.31. The van der Waals surface area contributed by atoms with Gasteiger partial charge in [0.05, 0.1) is 11.7 Å². The highest BCUT2D eigenvalue weighted by atomic mass is 16.1. The zero-order valence-corrected chi connectivity index (χ0v) is 7.92. The number of carbonyl (C=O) groups excluding carboxylic acids is 1. The Morgan fingerprint density at radius 1 is 1.27 bits per heavy atom. The fourth-order valence-electron chi connectivity index (χ4n) is 1.37. The lowest BCUT2D eigenvalue weighted by Crippen LogP contribution is -2.00. The molecule has 4 heteroatoms. The number of rotatable bonds is 3. The van der Waals surface area contributed by atoms with Crippen LogP contribution in [0, 0.1) is 0 Å². The minimum atomic E-state index is 0.528. The summed E-state index contributed by atoms with van der Waals surface area (Å²) in [5.74, 6) is 0. The van der Waals surface area contributed by atoms with E-state index in [4.69, 9.17) is 0 Å². The maximum Gasteiger partial charge on any atom is 0.227 e.